The summed E-state index contributed by atoms with van der Waals surface area (Å²) in [6.07, 6.45) is 6.42. The number of hydrogen-bond acceptors (Lipinski definition) is 4. The van der Waals surface area contributed by atoms with Gasteiger partial charge in [-0.2, -0.15) is 0 Å². The maximum Gasteiger partial charge on any atom is 0.208 e. The van der Waals surface area contributed by atoms with Gasteiger partial charge in [-0.05, 0) is 43.6 Å². The van der Waals surface area contributed by atoms with Crippen molar-refractivity contribution in [1.29, 1.82) is 0 Å². The van der Waals surface area contributed by atoms with E-state index in [1.54, 1.807) is 18.2 Å². The Bertz CT molecular complexity index is 641. The molecule has 0 saturated carbocycles. The van der Waals surface area contributed by atoms with E-state index in [0.29, 0.717) is 17.0 Å². The molecule has 108 valence electrons. The molecule has 1 aromatic carbocycles. The van der Waals surface area contributed by atoms with Crippen LogP contribution < -0.4 is 0 Å². The molecule has 2 aliphatic rings. The van der Waals surface area contributed by atoms with Gasteiger partial charge in [0.05, 0.1) is 4.91 Å². The maximum atomic E-state index is 12.5. The van der Waals surface area contributed by atoms with Crippen molar-refractivity contribution >= 4 is 15.9 Å². The maximum absolute atomic E-state index is 12.5. The molecule has 20 heavy (non-hydrogen) atoms. The number of aromatic hydroxyl groups is 1. The van der Waals surface area contributed by atoms with Crippen LogP contribution in [0, 0.1) is 0 Å². The lowest BCUT2D eigenvalue weighted by atomic mass is 10.2. The van der Waals surface area contributed by atoms with E-state index in [1.165, 1.54) is 18.9 Å². The number of sulfone groups is 1. The molecular formula is C15H19NO3S. The molecule has 2 heterocycles. The normalized spacial score (nSPS) is 22.1. The summed E-state index contributed by atoms with van der Waals surface area (Å²) in [4.78, 5) is 2.69. The Hall–Kier alpha value is -1.33. The predicted octanol–water partition coefficient (Wildman–Crippen LogP) is 2.40. The van der Waals surface area contributed by atoms with Crippen molar-refractivity contribution in [2.75, 3.05) is 19.6 Å². The number of fused-ring (bicyclic) bond motifs is 1. The van der Waals surface area contributed by atoms with Gasteiger partial charge in [0.15, 0.2) is 0 Å². The van der Waals surface area contributed by atoms with Crippen molar-refractivity contribution in [3.63, 3.8) is 0 Å². The highest BCUT2D eigenvalue weighted by Crippen LogP contribution is 2.38. The van der Waals surface area contributed by atoms with E-state index in [0.717, 1.165) is 25.9 Å². The van der Waals surface area contributed by atoms with Gasteiger partial charge >= 0.3 is 0 Å². The lowest BCUT2D eigenvalue weighted by molar-refractivity contribution is 0.313. The second kappa shape index (κ2) is 5.22. The third kappa shape index (κ3) is 2.36. The topological polar surface area (TPSA) is 57.6 Å². The molecule has 1 fully saturated rings. The summed E-state index contributed by atoms with van der Waals surface area (Å²) in [6.45, 7) is 2.36. The van der Waals surface area contributed by atoms with Gasteiger partial charge in [0.25, 0.3) is 0 Å². The number of phenols is 1. The van der Waals surface area contributed by atoms with Crippen LogP contribution in [-0.4, -0.2) is 38.1 Å². The lowest BCUT2D eigenvalue weighted by Crippen LogP contribution is -2.28. The highest BCUT2D eigenvalue weighted by atomic mass is 32.2. The third-order valence-corrected chi connectivity index (χ3v) is 5.95. The third-order valence-electron chi connectivity index (χ3n) is 4.03. The average Bonchev–Trinajstić information content (AvgIpc) is 2.58. The molecule has 1 saturated heterocycles. The second-order valence-corrected chi connectivity index (χ2v) is 7.44. The number of benzene rings is 1. The molecule has 1 N–H and O–H groups in total. The van der Waals surface area contributed by atoms with Gasteiger partial charge in [-0.25, -0.2) is 8.42 Å². The molecule has 0 atom stereocenters. The smallest absolute Gasteiger partial charge is 0.208 e. The molecule has 1 aromatic rings. The van der Waals surface area contributed by atoms with Crippen molar-refractivity contribution in [3.05, 3.63) is 28.7 Å². The Labute approximate surface area is 119 Å². The molecule has 0 unspecified atom stereocenters. The van der Waals surface area contributed by atoms with Crippen LogP contribution in [-0.2, 0) is 9.84 Å². The highest BCUT2D eigenvalue weighted by Gasteiger charge is 2.33. The van der Waals surface area contributed by atoms with Crippen molar-refractivity contribution in [2.24, 2.45) is 0 Å². The lowest BCUT2D eigenvalue weighted by Gasteiger charge is -2.20. The van der Waals surface area contributed by atoms with Crippen LogP contribution in [0.2, 0.25) is 0 Å². The molecule has 0 spiro atoms. The average molecular weight is 293 g/mol. The van der Waals surface area contributed by atoms with E-state index >= 15 is 0 Å². The first-order chi connectivity index (χ1) is 9.59. The summed E-state index contributed by atoms with van der Waals surface area (Å²) in [7, 11) is -3.52. The van der Waals surface area contributed by atoms with Crippen LogP contribution in [0.25, 0.3) is 6.08 Å². The summed E-state index contributed by atoms with van der Waals surface area (Å²) in [6, 6.07) is 4.84. The highest BCUT2D eigenvalue weighted by molar-refractivity contribution is 7.96. The van der Waals surface area contributed by atoms with Crippen LogP contribution in [0.15, 0.2) is 28.0 Å². The largest absolute Gasteiger partial charge is 0.507 e. The molecule has 0 bridgehead atoms. The first-order valence-corrected chi connectivity index (χ1v) is 8.57. The Kier molecular flexibility index (Phi) is 3.56. The first kappa shape index (κ1) is 13.6. The fourth-order valence-electron chi connectivity index (χ4n) is 2.98. The van der Waals surface area contributed by atoms with Crippen molar-refractivity contribution in [3.8, 4) is 5.75 Å². The van der Waals surface area contributed by atoms with E-state index in [4.69, 9.17) is 0 Å². The minimum absolute atomic E-state index is 0.0739. The van der Waals surface area contributed by atoms with Gasteiger partial charge < -0.3 is 5.11 Å². The summed E-state index contributed by atoms with van der Waals surface area (Å²) in [5.41, 5.74) is 0.606. The van der Waals surface area contributed by atoms with Crippen LogP contribution in [0.3, 0.4) is 0 Å². The van der Waals surface area contributed by atoms with Crippen LogP contribution in [0.1, 0.15) is 31.2 Å². The fourth-order valence-corrected chi connectivity index (χ4v) is 4.65. The Balaban J connectivity index is 1.87. The molecule has 0 radical (unpaired) electrons. The van der Waals surface area contributed by atoms with Gasteiger partial charge in [0.1, 0.15) is 10.6 Å². The number of hydrogen-bond donors (Lipinski definition) is 1. The van der Waals surface area contributed by atoms with Crippen LogP contribution in [0.4, 0.5) is 0 Å². The minimum Gasteiger partial charge on any atom is -0.507 e. The van der Waals surface area contributed by atoms with Crippen LogP contribution >= 0.6 is 0 Å². The molecular weight excluding hydrogens is 274 g/mol. The molecule has 2 aliphatic heterocycles. The monoisotopic (exact) mass is 293 g/mol. The Morgan fingerprint density at radius 3 is 2.45 bits per heavy atom. The number of rotatable bonds is 2. The van der Waals surface area contributed by atoms with Gasteiger partial charge in [0.2, 0.25) is 9.84 Å². The second-order valence-electron chi connectivity index (χ2n) is 5.50. The number of phenolic OH excluding ortho intramolecular Hbond substituents is 1. The van der Waals surface area contributed by atoms with Gasteiger partial charge in [-0.1, -0.05) is 25.0 Å². The molecule has 0 aliphatic carbocycles. The van der Waals surface area contributed by atoms with Crippen molar-refractivity contribution < 1.29 is 13.5 Å². The van der Waals surface area contributed by atoms with E-state index in [2.05, 4.69) is 4.90 Å². The van der Waals surface area contributed by atoms with Gasteiger partial charge in [0, 0.05) is 6.54 Å². The van der Waals surface area contributed by atoms with Gasteiger partial charge in [-0.15, -0.1) is 0 Å². The molecule has 3 rings (SSSR count). The molecule has 5 heteroatoms. The Morgan fingerprint density at radius 2 is 1.80 bits per heavy atom. The van der Waals surface area contributed by atoms with E-state index in [9.17, 15) is 13.5 Å². The number of likely N-dealkylation sites (tertiary alicyclic amines) is 1. The summed E-state index contributed by atoms with van der Waals surface area (Å²) >= 11 is 0. The van der Waals surface area contributed by atoms with Gasteiger partial charge in [-0.3, -0.25) is 4.90 Å². The summed E-state index contributed by atoms with van der Waals surface area (Å²) in [5.74, 6) is -0.149. The summed E-state index contributed by atoms with van der Waals surface area (Å²) < 4.78 is 25.0. The predicted molar refractivity (Wildman–Crippen MR) is 78.2 cm³/mol. The number of nitrogens with zero attached hydrogens (tertiary/aromatic N) is 1. The zero-order chi connectivity index (χ0) is 14.2. The van der Waals surface area contributed by atoms with E-state index in [-0.39, 0.29) is 10.6 Å². The zero-order valence-corrected chi connectivity index (χ0v) is 12.2. The SMILES string of the molecule is O=S1(=O)C(CN2CCCCCC2)=Cc2cccc(O)c21. The van der Waals surface area contributed by atoms with E-state index in [1.807, 2.05) is 0 Å². The minimum atomic E-state index is -3.52. The summed E-state index contributed by atoms with van der Waals surface area (Å²) in [5, 5.41) is 9.81. The Morgan fingerprint density at radius 1 is 1.10 bits per heavy atom. The fraction of sp³-hybridized carbons (Fsp3) is 0.467. The standard InChI is InChI=1S/C15H19NO3S/c17-14-7-5-6-12-10-13(20(18,19)15(12)14)11-16-8-3-1-2-4-9-16/h5-7,10,17H,1-4,8-9,11H2. The van der Waals surface area contributed by atoms with E-state index < -0.39 is 9.84 Å². The molecule has 0 amide bonds. The zero-order valence-electron chi connectivity index (χ0n) is 11.4. The van der Waals surface area contributed by atoms with Crippen molar-refractivity contribution in [2.45, 2.75) is 30.6 Å². The van der Waals surface area contributed by atoms with Crippen LogP contribution in [0.5, 0.6) is 5.75 Å². The first-order valence-electron chi connectivity index (χ1n) is 7.09. The quantitative estimate of drug-likeness (QED) is 0.909. The molecule has 4 nitrogen and oxygen atoms in total. The molecule has 0 aromatic heterocycles. The van der Waals surface area contributed by atoms with Crippen molar-refractivity contribution in [1.82, 2.24) is 4.90 Å².